The fourth-order valence-corrected chi connectivity index (χ4v) is 10.2. The molecule has 0 saturated heterocycles. The predicted octanol–water partition coefficient (Wildman–Crippen LogP) is 15.3. The minimum atomic E-state index is -0.0897. The molecule has 0 atom stereocenters. The molecule has 1 aliphatic carbocycles. The third-order valence-corrected chi connectivity index (χ3v) is 12.7. The summed E-state index contributed by atoms with van der Waals surface area (Å²) < 4.78 is 19.8. The molecule has 9 aromatic carbocycles. The van der Waals surface area contributed by atoms with Crippen LogP contribution in [0.4, 0.5) is 0 Å². The highest BCUT2D eigenvalue weighted by Gasteiger charge is 2.37. The first-order valence-corrected chi connectivity index (χ1v) is 19.3. The molecular weight excluding hydrogens is 685 g/mol. The van der Waals surface area contributed by atoms with Crippen molar-refractivity contribution in [2.24, 2.45) is 0 Å². The molecule has 12 aromatic rings. The van der Waals surface area contributed by atoms with Crippen molar-refractivity contribution in [2.75, 3.05) is 0 Å². The van der Waals surface area contributed by atoms with Gasteiger partial charge in [-0.1, -0.05) is 135 Å². The summed E-state index contributed by atoms with van der Waals surface area (Å²) in [5.41, 5.74) is 15.2. The Labute approximate surface area is 321 Å². The van der Waals surface area contributed by atoms with Crippen LogP contribution in [0, 0.1) is 0 Å². The summed E-state index contributed by atoms with van der Waals surface area (Å²) in [6.07, 6.45) is 0. The molecule has 3 aromatic heterocycles. The van der Waals surface area contributed by atoms with Gasteiger partial charge < -0.3 is 13.3 Å². The quantitative estimate of drug-likeness (QED) is 0.167. The second kappa shape index (κ2) is 10.6. The van der Waals surface area contributed by atoms with E-state index in [0.29, 0.717) is 0 Å². The lowest BCUT2D eigenvalue weighted by atomic mass is 9.82. The maximum Gasteiger partial charge on any atom is 0.143 e. The van der Waals surface area contributed by atoms with E-state index < -0.39 is 0 Å². The molecule has 13 rings (SSSR count). The number of fused-ring (bicyclic) bond motifs is 16. The van der Waals surface area contributed by atoms with Crippen molar-refractivity contribution in [1.29, 1.82) is 0 Å². The maximum atomic E-state index is 6.98. The fourth-order valence-electron chi connectivity index (χ4n) is 10.2. The van der Waals surface area contributed by atoms with Crippen molar-refractivity contribution in [3.63, 3.8) is 0 Å². The van der Waals surface area contributed by atoms with Crippen molar-refractivity contribution >= 4 is 87.4 Å². The molecule has 1 aliphatic rings. The lowest BCUT2D eigenvalue weighted by molar-refractivity contribution is 0.657. The molecule has 3 heteroatoms. The Balaban J connectivity index is 1.10. The molecular formula is C53H32O3. The number of hydrogen-bond acceptors (Lipinski definition) is 3. The SMILES string of the molecule is CC1(C)c2ccccc2-c2c1ccc1oc3c(-c4c5ccccc5c(-c5ccc6oc7ccc8oc9ccccc9c8c7c6c5)c5ccccc45)cccc3c21. The molecule has 0 aliphatic heterocycles. The molecule has 0 unspecified atom stereocenters. The van der Waals surface area contributed by atoms with Gasteiger partial charge in [-0.25, -0.2) is 0 Å². The van der Waals surface area contributed by atoms with Crippen LogP contribution in [0.25, 0.3) is 121 Å². The van der Waals surface area contributed by atoms with Crippen LogP contribution in [0.1, 0.15) is 25.0 Å². The highest BCUT2D eigenvalue weighted by atomic mass is 16.3. The van der Waals surface area contributed by atoms with Crippen LogP contribution in [0.5, 0.6) is 0 Å². The zero-order valence-electron chi connectivity index (χ0n) is 30.7. The van der Waals surface area contributed by atoms with E-state index >= 15 is 0 Å². The number of benzene rings is 9. The molecule has 262 valence electrons. The standard InChI is InChI=1S/C53H32O3/c1-53(2)39-20-9-7-16-34(39)48-40(53)23-25-45-50(48)37-19-11-18-36(52(37)56-45)47-32-14-5-3-12-30(32)46(31-13-4-6-15-33(31)47)29-22-24-42-38(28-29)51-44(55-42)27-26-43-49(51)35-17-8-10-21-41(35)54-43/h3-28H,1-2H3. The number of rotatable bonds is 2. The average molecular weight is 717 g/mol. The van der Waals surface area contributed by atoms with Crippen molar-refractivity contribution in [3.8, 4) is 33.4 Å². The van der Waals surface area contributed by atoms with Crippen LogP contribution in [0.3, 0.4) is 0 Å². The molecule has 0 bridgehead atoms. The van der Waals surface area contributed by atoms with Gasteiger partial charge in [0, 0.05) is 48.9 Å². The topological polar surface area (TPSA) is 39.4 Å². The van der Waals surface area contributed by atoms with E-state index in [9.17, 15) is 0 Å². The van der Waals surface area contributed by atoms with Gasteiger partial charge in [-0.15, -0.1) is 0 Å². The minimum absolute atomic E-state index is 0.0897. The van der Waals surface area contributed by atoms with Gasteiger partial charge in [-0.2, -0.15) is 0 Å². The Bertz CT molecular complexity index is 3620. The number of hydrogen-bond donors (Lipinski definition) is 0. The van der Waals surface area contributed by atoms with Crippen molar-refractivity contribution in [1.82, 2.24) is 0 Å². The van der Waals surface area contributed by atoms with Gasteiger partial charge in [0.2, 0.25) is 0 Å². The van der Waals surface area contributed by atoms with Crippen LogP contribution in [-0.2, 0) is 5.41 Å². The van der Waals surface area contributed by atoms with Gasteiger partial charge in [0.25, 0.3) is 0 Å². The molecule has 56 heavy (non-hydrogen) atoms. The Morgan fingerprint density at radius 3 is 1.62 bits per heavy atom. The van der Waals surface area contributed by atoms with Gasteiger partial charge in [-0.05, 0) is 91.3 Å². The monoisotopic (exact) mass is 716 g/mol. The first kappa shape index (κ1) is 30.3. The van der Waals surface area contributed by atoms with Crippen LogP contribution in [0.2, 0.25) is 0 Å². The second-order valence-electron chi connectivity index (χ2n) is 15.9. The zero-order valence-corrected chi connectivity index (χ0v) is 30.7. The van der Waals surface area contributed by atoms with Crippen LogP contribution in [0.15, 0.2) is 171 Å². The van der Waals surface area contributed by atoms with Crippen LogP contribution >= 0.6 is 0 Å². The van der Waals surface area contributed by atoms with Gasteiger partial charge in [0.15, 0.2) is 0 Å². The smallest absolute Gasteiger partial charge is 0.143 e. The van der Waals surface area contributed by atoms with Gasteiger partial charge in [0.05, 0.1) is 0 Å². The molecule has 0 saturated carbocycles. The Morgan fingerprint density at radius 2 is 0.875 bits per heavy atom. The number of para-hydroxylation sites is 2. The molecule has 0 amide bonds. The van der Waals surface area contributed by atoms with E-state index in [-0.39, 0.29) is 5.41 Å². The summed E-state index contributed by atoms with van der Waals surface area (Å²) >= 11 is 0. The largest absolute Gasteiger partial charge is 0.456 e. The van der Waals surface area contributed by atoms with E-state index in [4.69, 9.17) is 13.3 Å². The lowest BCUT2D eigenvalue weighted by Crippen LogP contribution is -2.14. The summed E-state index contributed by atoms with van der Waals surface area (Å²) in [5.74, 6) is 0. The Hall–Kier alpha value is -7.10. The van der Waals surface area contributed by atoms with Crippen LogP contribution < -0.4 is 0 Å². The Morgan fingerprint density at radius 1 is 0.339 bits per heavy atom. The van der Waals surface area contributed by atoms with E-state index in [1.165, 1.54) is 60.3 Å². The van der Waals surface area contributed by atoms with Crippen molar-refractivity contribution in [2.45, 2.75) is 19.3 Å². The second-order valence-corrected chi connectivity index (χ2v) is 15.9. The summed E-state index contributed by atoms with van der Waals surface area (Å²) in [7, 11) is 0. The third-order valence-electron chi connectivity index (χ3n) is 12.7. The Kier molecular flexibility index (Phi) is 5.70. The minimum Gasteiger partial charge on any atom is -0.456 e. The number of furan rings is 3. The molecule has 0 radical (unpaired) electrons. The predicted molar refractivity (Wildman–Crippen MR) is 232 cm³/mol. The molecule has 3 heterocycles. The third kappa shape index (κ3) is 3.77. The van der Waals surface area contributed by atoms with Crippen LogP contribution in [-0.4, -0.2) is 0 Å². The van der Waals surface area contributed by atoms with Gasteiger partial charge >= 0.3 is 0 Å². The fraction of sp³-hybridized carbons (Fsp3) is 0.0566. The first-order valence-electron chi connectivity index (χ1n) is 19.3. The van der Waals surface area contributed by atoms with E-state index in [1.807, 2.05) is 24.3 Å². The highest BCUT2D eigenvalue weighted by molar-refractivity contribution is 6.28. The summed E-state index contributed by atoms with van der Waals surface area (Å²) in [5, 5.41) is 11.5. The molecule has 0 N–H and O–H groups in total. The molecule has 0 spiro atoms. The van der Waals surface area contributed by atoms with Crippen molar-refractivity contribution < 1.29 is 13.3 Å². The van der Waals surface area contributed by atoms with Gasteiger partial charge in [-0.3, -0.25) is 0 Å². The van der Waals surface area contributed by atoms with Gasteiger partial charge in [0.1, 0.15) is 33.5 Å². The average Bonchev–Trinajstić information content (AvgIpc) is 3.97. The molecule has 3 nitrogen and oxygen atoms in total. The first-order chi connectivity index (χ1) is 27.5. The van der Waals surface area contributed by atoms with E-state index in [0.717, 1.165) is 71.6 Å². The summed E-state index contributed by atoms with van der Waals surface area (Å²) in [6, 6.07) is 56.7. The van der Waals surface area contributed by atoms with E-state index in [1.54, 1.807) is 0 Å². The zero-order chi connectivity index (χ0) is 36.9. The lowest BCUT2D eigenvalue weighted by Gasteiger charge is -2.21. The van der Waals surface area contributed by atoms with Crippen molar-refractivity contribution in [3.05, 3.63) is 169 Å². The highest BCUT2D eigenvalue weighted by Crippen LogP contribution is 2.54. The molecule has 0 fully saturated rings. The maximum absolute atomic E-state index is 6.98. The normalized spacial score (nSPS) is 13.7. The van der Waals surface area contributed by atoms with E-state index in [2.05, 4.69) is 147 Å². The summed E-state index contributed by atoms with van der Waals surface area (Å²) in [6.45, 7) is 4.67. The summed E-state index contributed by atoms with van der Waals surface area (Å²) in [4.78, 5) is 0.